The number of aldehydes is 1. The Bertz CT molecular complexity index is 992. The first-order valence-corrected chi connectivity index (χ1v) is 8.89. The average molecular weight is 361 g/mol. The zero-order chi connectivity index (χ0) is 19.4. The fourth-order valence-electron chi connectivity index (χ4n) is 3.05. The van der Waals surface area contributed by atoms with Crippen LogP contribution in [0.5, 0.6) is 0 Å². The molecule has 2 aromatic carbocycles. The van der Waals surface area contributed by atoms with Crippen molar-refractivity contribution in [2.75, 3.05) is 0 Å². The van der Waals surface area contributed by atoms with Gasteiger partial charge in [-0.1, -0.05) is 42.5 Å². The van der Waals surface area contributed by atoms with E-state index in [9.17, 15) is 9.59 Å². The smallest absolute Gasteiger partial charge is 0.331 e. The number of carbonyl (C=O) groups is 2. The summed E-state index contributed by atoms with van der Waals surface area (Å²) in [6, 6.07) is 15.9. The number of fused-ring (bicyclic) bond motifs is 1. The van der Waals surface area contributed by atoms with E-state index in [2.05, 4.69) is 16.7 Å². The summed E-state index contributed by atoms with van der Waals surface area (Å²) < 4.78 is 7.37. The van der Waals surface area contributed by atoms with Crippen LogP contribution in [0.25, 0.3) is 17.0 Å². The zero-order valence-electron chi connectivity index (χ0n) is 15.8. The molecule has 0 aliphatic heterocycles. The summed E-state index contributed by atoms with van der Waals surface area (Å²) in [5, 5.41) is 0.836. The number of hydrogen-bond donors (Lipinski definition) is 0. The van der Waals surface area contributed by atoms with Gasteiger partial charge in [0.05, 0.1) is 0 Å². The highest BCUT2D eigenvalue weighted by Gasteiger charge is 2.15. The second-order valence-corrected chi connectivity index (χ2v) is 7.42. The Morgan fingerprint density at radius 2 is 1.78 bits per heavy atom. The summed E-state index contributed by atoms with van der Waals surface area (Å²) >= 11 is 0. The minimum atomic E-state index is -0.541. The Kier molecular flexibility index (Phi) is 5.26. The molecule has 0 fully saturated rings. The number of carbonyl (C=O) groups excluding carboxylic acids is 2. The number of ether oxygens (including phenoxy) is 1. The van der Waals surface area contributed by atoms with Crippen LogP contribution < -0.4 is 0 Å². The fourth-order valence-corrected chi connectivity index (χ4v) is 3.05. The number of hydrogen-bond acceptors (Lipinski definition) is 3. The summed E-state index contributed by atoms with van der Waals surface area (Å²) in [6.07, 6.45) is 5.82. The number of rotatable bonds is 5. The molecule has 0 saturated carbocycles. The molecule has 0 N–H and O–H groups in total. The maximum Gasteiger partial charge on any atom is 0.331 e. The van der Waals surface area contributed by atoms with Crippen LogP contribution in [0, 0.1) is 0 Å². The minimum Gasteiger partial charge on any atom is -0.457 e. The molecule has 0 radical (unpaired) electrons. The van der Waals surface area contributed by atoms with Crippen LogP contribution in [0.2, 0.25) is 0 Å². The number of esters is 1. The lowest BCUT2D eigenvalue weighted by Gasteiger charge is -2.17. The standard InChI is InChI=1S/C23H23NO3/c1-23(2,3)27-21(26)13-12-18-10-7-11-20-22(18)19(16-25)15-24(20)14-17-8-5-4-6-9-17/h4-13,15-16H,14H2,1-3H3/b13-12+. The van der Waals surface area contributed by atoms with Crippen molar-refractivity contribution >= 4 is 29.2 Å². The molecule has 0 aliphatic rings. The molecule has 4 heteroatoms. The Labute approximate surface area is 159 Å². The zero-order valence-corrected chi connectivity index (χ0v) is 15.8. The molecule has 0 atom stereocenters. The van der Waals surface area contributed by atoms with E-state index in [1.807, 2.05) is 63.4 Å². The van der Waals surface area contributed by atoms with Gasteiger partial charge < -0.3 is 9.30 Å². The van der Waals surface area contributed by atoms with Crippen molar-refractivity contribution in [3.8, 4) is 0 Å². The van der Waals surface area contributed by atoms with Crippen molar-refractivity contribution in [3.63, 3.8) is 0 Å². The third-order valence-corrected chi connectivity index (χ3v) is 4.10. The summed E-state index contributed by atoms with van der Waals surface area (Å²) in [5.74, 6) is -0.407. The highest BCUT2D eigenvalue weighted by Crippen LogP contribution is 2.26. The van der Waals surface area contributed by atoms with Gasteiger partial charge in [0.15, 0.2) is 6.29 Å². The third-order valence-electron chi connectivity index (χ3n) is 4.10. The molecule has 1 heterocycles. The number of nitrogens with zero attached hydrogens (tertiary/aromatic N) is 1. The van der Waals surface area contributed by atoms with Crippen molar-refractivity contribution in [1.29, 1.82) is 0 Å². The summed E-state index contributed by atoms with van der Waals surface area (Å²) in [7, 11) is 0. The largest absolute Gasteiger partial charge is 0.457 e. The predicted octanol–water partition coefficient (Wildman–Crippen LogP) is 4.86. The van der Waals surface area contributed by atoms with Crippen molar-refractivity contribution < 1.29 is 14.3 Å². The average Bonchev–Trinajstić information content (AvgIpc) is 2.98. The van der Waals surface area contributed by atoms with Crippen LogP contribution >= 0.6 is 0 Å². The van der Waals surface area contributed by atoms with E-state index < -0.39 is 11.6 Å². The van der Waals surface area contributed by atoms with E-state index in [-0.39, 0.29) is 0 Å². The molecule has 0 saturated heterocycles. The molecular formula is C23H23NO3. The van der Waals surface area contributed by atoms with E-state index >= 15 is 0 Å². The second-order valence-electron chi connectivity index (χ2n) is 7.42. The first kappa shape index (κ1) is 18.6. The SMILES string of the molecule is CC(C)(C)OC(=O)/C=C/c1cccc2c1c(C=O)cn2Cc1ccccc1. The molecule has 3 rings (SSSR count). The van der Waals surface area contributed by atoms with Gasteiger partial charge in [0.1, 0.15) is 5.60 Å². The van der Waals surface area contributed by atoms with E-state index in [0.717, 1.165) is 28.3 Å². The monoisotopic (exact) mass is 361 g/mol. The Morgan fingerprint density at radius 3 is 2.44 bits per heavy atom. The van der Waals surface area contributed by atoms with Crippen LogP contribution in [0.1, 0.15) is 42.3 Å². The number of benzene rings is 2. The van der Waals surface area contributed by atoms with Gasteiger partial charge in [-0.3, -0.25) is 4.79 Å². The van der Waals surface area contributed by atoms with Crippen molar-refractivity contribution in [1.82, 2.24) is 4.57 Å². The van der Waals surface area contributed by atoms with Crippen LogP contribution in [0.15, 0.2) is 60.8 Å². The maximum absolute atomic E-state index is 12.0. The maximum atomic E-state index is 12.0. The third kappa shape index (κ3) is 4.53. The Hall–Kier alpha value is -3.14. The highest BCUT2D eigenvalue weighted by molar-refractivity contribution is 6.03. The molecule has 0 unspecified atom stereocenters. The van der Waals surface area contributed by atoms with Crippen molar-refractivity contribution in [2.45, 2.75) is 32.9 Å². The van der Waals surface area contributed by atoms with Gasteiger partial charge in [0.25, 0.3) is 0 Å². The second kappa shape index (κ2) is 7.62. The van der Waals surface area contributed by atoms with Crippen LogP contribution in [-0.4, -0.2) is 22.4 Å². The van der Waals surface area contributed by atoms with Gasteiger partial charge in [0, 0.05) is 35.3 Å². The van der Waals surface area contributed by atoms with E-state index in [1.54, 1.807) is 6.08 Å². The molecule has 0 spiro atoms. The predicted molar refractivity (Wildman–Crippen MR) is 108 cm³/mol. The van der Waals surface area contributed by atoms with Crippen LogP contribution in [-0.2, 0) is 16.1 Å². The molecule has 1 aromatic heterocycles. The quantitative estimate of drug-likeness (QED) is 0.370. The molecule has 27 heavy (non-hydrogen) atoms. The van der Waals surface area contributed by atoms with E-state index in [1.165, 1.54) is 6.08 Å². The first-order valence-electron chi connectivity index (χ1n) is 8.89. The molecule has 138 valence electrons. The van der Waals surface area contributed by atoms with Crippen LogP contribution in [0.3, 0.4) is 0 Å². The lowest BCUT2D eigenvalue weighted by atomic mass is 10.1. The molecular weight excluding hydrogens is 338 g/mol. The normalized spacial score (nSPS) is 11.8. The molecule has 0 amide bonds. The summed E-state index contributed by atoms with van der Waals surface area (Å²) in [4.78, 5) is 23.6. The van der Waals surface area contributed by atoms with Gasteiger partial charge in [-0.25, -0.2) is 4.79 Å². The summed E-state index contributed by atoms with van der Waals surface area (Å²) in [6.45, 7) is 6.15. The first-order chi connectivity index (χ1) is 12.9. The lowest BCUT2D eigenvalue weighted by molar-refractivity contribution is -0.148. The Balaban J connectivity index is 1.98. The molecule has 0 bridgehead atoms. The van der Waals surface area contributed by atoms with Gasteiger partial charge in [-0.15, -0.1) is 0 Å². The topological polar surface area (TPSA) is 48.3 Å². The molecule has 4 nitrogen and oxygen atoms in total. The van der Waals surface area contributed by atoms with Crippen molar-refractivity contribution in [3.05, 3.63) is 77.5 Å². The van der Waals surface area contributed by atoms with Gasteiger partial charge in [0.2, 0.25) is 0 Å². The van der Waals surface area contributed by atoms with Crippen LogP contribution in [0.4, 0.5) is 0 Å². The van der Waals surface area contributed by atoms with Gasteiger partial charge in [-0.2, -0.15) is 0 Å². The van der Waals surface area contributed by atoms with Gasteiger partial charge >= 0.3 is 5.97 Å². The van der Waals surface area contributed by atoms with Crippen molar-refractivity contribution in [2.24, 2.45) is 0 Å². The lowest BCUT2D eigenvalue weighted by Crippen LogP contribution is -2.22. The van der Waals surface area contributed by atoms with E-state index in [0.29, 0.717) is 12.1 Å². The van der Waals surface area contributed by atoms with E-state index in [4.69, 9.17) is 4.74 Å². The number of aromatic nitrogens is 1. The fraction of sp³-hybridized carbons (Fsp3) is 0.217. The molecule has 0 aliphatic carbocycles. The Morgan fingerprint density at radius 1 is 1.04 bits per heavy atom. The summed E-state index contributed by atoms with van der Waals surface area (Å²) in [5.41, 5.74) is 2.98. The van der Waals surface area contributed by atoms with Gasteiger partial charge in [-0.05, 0) is 44.0 Å². The minimum absolute atomic E-state index is 0.407. The molecule has 3 aromatic rings. The highest BCUT2D eigenvalue weighted by atomic mass is 16.6.